The number of rotatable bonds is 8. The molecule has 5 rings (SSSR count). The van der Waals surface area contributed by atoms with Crippen LogP contribution in [-0.2, 0) is 11.2 Å². The number of aryl methyl sites for hydroxylation is 1. The molecule has 0 radical (unpaired) electrons. The first-order valence-corrected chi connectivity index (χ1v) is 11.0. The van der Waals surface area contributed by atoms with E-state index in [0.717, 1.165) is 5.69 Å². The number of alkyl halides is 2. The largest absolute Gasteiger partial charge is 0.491 e. The molecular formula is C24H24F2N4O4. The Kier molecular flexibility index (Phi) is 6.06. The lowest BCUT2D eigenvalue weighted by Crippen LogP contribution is -2.32. The van der Waals surface area contributed by atoms with Crippen molar-refractivity contribution in [2.24, 2.45) is 5.92 Å². The number of fused-ring (bicyclic) bond motifs is 1. The maximum Gasteiger partial charge on any atom is 0.387 e. The standard InChI is InChI=1S/C24H24F2N4O4/c1-13-3-2-4-17(22(13)34-24(25)26)30-21-19-16(6-8-28-23(19)31)29-20(21)15-5-7-27-9-18(15)33-12-14-10-32-11-14/h2-5,7,9,14,24,29-30H,6,8,10-12H2,1H3,(H,28,31). The molecule has 0 saturated carbocycles. The van der Waals surface area contributed by atoms with Crippen molar-refractivity contribution >= 4 is 17.3 Å². The van der Waals surface area contributed by atoms with Gasteiger partial charge in [-0.05, 0) is 24.6 Å². The van der Waals surface area contributed by atoms with Crippen LogP contribution in [0.25, 0.3) is 11.3 Å². The van der Waals surface area contributed by atoms with Gasteiger partial charge in [0, 0.05) is 36.3 Å². The first kappa shape index (κ1) is 22.1. The van der Waals surface area contributed by atoms with Crippen LogP contribution in [0.1, 0.15) is 21.6 Å². The number of pyridine rings is 1. The molecule has 1 saturated heterocycles. The lowest BCUT2D eigenvalue weighted by Gasteiger charge is -2.26. The molecule has 3 N–H and O–H groups in total. The monoisotopic (exact) mass is 470 g/mol. The Morgan fingerprint density at radius 3 is 2.91 bits per heavy atom. The van der Waals surface area contributed by atoms with Crippen LogP contribution in [0.5, 0.6) is 11.5 Å². The lowest BCUT2D eigenvalue weighted by atomic mass is 10.0. The van der Waals surface area contributed by atoms with E-state index < -0.39 is 6.61 Å². The highest BCUT2D eigenvalue weighted by molar-refractivity contribution is 6.06. The number of para-hydroxylation sites is 1. The summed E-state index contributed by atoms with van der Waals surface area (Å²) in [5, 5.41) is 6.04. The number of H-pyrrole nitrogens is 1. The van der Waals surface area contributed by atoms with E-state index >= 15 is 0 Å². The second-order valence-electron chi connectivity index (χ2n) is 8.28. The summed E-state index contributed by atoms with van der Waals surface area (Å²) in [6.45, 7) is 0.977. The smallest absolute Gasteiger partial charge is 0.387 e. The van der Waals surface area contributed by atoms with Gasteiger partial charge in [0.05, 0.1) is 48.6 Å². The Morgan fingerprint density at radius 2 is 2.15 bits per heavy atom. The zero-order valence-electron chi connectivity index (χ0n) is 18.5. The van der Waals surface area contributed by atoms with Crippen molar-refractivity contribution in [3.8, 4) is 22.8 Å². The molecule has 2 aliphatic heterocycles. The third kappa shape index (κ3) is 4.28. The predicted octanol–water partition coefficient (Wildman–Crippen LogP) is 4.04. The minimum atomic E-state index is -2.99. The number of aromatic amines is 1. The predicted molar refractivity (Wildman–Crippen MR) is 121 cm³/mol. The number of aromatic nitrogens is 2. The molecule has 0 atom stereocenters. The highest BCUT2D eigenvalue weighted by Gasteiger charge is 2.29. The topological polar surface area (TPSA) is 97.5 Å². The van der Waals surface area contributed by atoms with Crippen LogP contribution < -0.4 is 20.1 Å². The summed E-state index contributed by atoms with van der Waals surface area (Å²) >= 11 is 0. The minimum Gasteiger partial charge on any atom is -0.491 e. The minimum absolute atomic E-state index is 0.0193. The summed E-state index contributed by atoms with van der Waals surface area (Å²) in [5.74, 6) is 0.628. The molecule has 3 aromatic rings. The zero-order valence-corrected chi connectivity index (χ0v) is 18.5. The van der Waals surface area contributed by atoms with Crippen LogP contribution in [-0.4, -0.2) is 48.9 Å². The maximum absolute atomic E-state index is 13.1. The number of nitrogens with one attached hydrogen (secondary N) is 3. The molecule has 0 unspecified atom stereocenters. The van der Waals surface area contributed by atoms with E-state index in [4.69, 9.17) is 14.2 Å². The Labute approximate surface area is 194 Å². The van der Waals surface area contributed by atoms with Gasteiger partial charge in [-0.15, -0.1) is 0 Å². The zero-order chi connectivity index (χ0) is 23.7. The van der Waals surface area contributed by atoms with Crippen molar-refractivity contribution in [2.45, 2.75) is 20.0 Å². The number of nitrogens with zero attached hydrogens (tertiary/aromatic N) is 1. The van der Waals surface area contributed by atoms with Gasteiger partial charge in [-0.1, -0.05) is 12.1 Å². The molecule has 1 fully saturated rings. The summed E-state index contributed by atoms with van der Waals surface area (Å²) in [6, 6.07) is 6.84. The summed E-state index contributed by atoms with van der Waals surface area (Å²) in [5.41, 5.74) is 3.81. The number of anilines is 2. The van der Waals surface area contributed by atoms with Crippen molar-refractivity contribution in [1.82, 2.24) is 15.3 Å². The lowest BCUT2D eigenvalue weighted by molar-refractivity contribution is -0.0508. The van der Waals surface area contributed by atoms with Gasteiger partial charge in [0.15, 0.2) is 5.75 Å². The fraction of sp³-hybridized carbons (Fsp3) is 0.333. The number of carbonyl (C=O) groups excluding carboxylic acids is 1. The van der Waals surface area contributed by atoms with Crippen molar-refractivity contribution in [3.05, 3.63) is 53.5 Å². The molecular weight excluding hydrogens is 446 g/mol. The molecule has 0 aliphatic carbocycles. The third-order valence-electron chi connectivity index (χ3n) is 5.88. The SMILES string of the molecule is Cc1cccc(Nc2c(-c3ccncc3OCC3COC3)[nH]c3c2C(=O)NCC3)c1OC(F)F. The molecule has 1 amide bonds. The molecule has 4 heterocycles. The van der Waals surface area contributed by atoms with Crippen LogP contribution in [0.3, 0.4) is 0 Å². The van der Waals surface area contributed by atoms with Crippen molar-refractivity contribution < 1.29 is 27.8 Å². The second kappa shape index (κ2) is 9.30. The molecule has 1 aromatic carbocycles. The summed E-state index contributed by atoms with van der Waals surface area (Å²) in [4.78, 5) is 20.4. The number of ether oxygens (including phenoxy) is 3. The highest BCUT2D eigenvalue weighted by atomic mass is 19.3. The Bertz CT molecular complexity index is 1210. The average molecular weight is 470 g/mol. The van der Waals surface area contributed by atoms with Gasteiger partial charge >= 0.3 is 6.61 Å². The van der Waals surface area contributed by atoms with Gasteiger partial charge in [0.2, 0.25) is 0 Å². The highest BCUT2D eigenvalue weighted by Crippen LogP contribution is 2.42. The van der Waals surface area contributed by atoms with E-state index in [9.17, 15) is 13.6 Å². The molecule has 8 nitrogen and oxygen atoms in total. The summed E-state index contributed by atoms with van der Waals surface area (Å²) in [6.07, 6.45) is 3.86. The fourth-order valence-corrected chi connectivity index (χ4v) is 4.13. The summed E-state index contributed by atoms with van der Waals surface area (Å²) < 4.78 is 42.3. The number of carbonyl (C=O) groups is 1. The van der Waals surface area contributed by atoms with Crippen LogP contribution in [0.15, 0.2) is 36.7 Å². The van der Waals surface area contributed by atoms with E-state index in [2.05, 4.69) is 20.6 Å². The molecule has 2 aromatic heterocycles. The van der Waals surface area contributed by atoms with Crippen LogP contribution in [0, 0.1) is 12.8 Å². The van der Waals surface area contributed by atoms with E-state index in [1.165, 1.54) is 0 Å². The van der Waals surface area contributed by atoms with E-state index in [0.29, 0.717) is 78.2 Å². The van der Waals surface area contributed by atoms with E-state index in [1.54, 1.807) is 43.6 Å². The van der Waals surface area contributed by atoms with E-state index in [-0.39, 0.29) is 11.7 Å². The van der Waals surface area contributed by atoms with Gasteiger partial charge in [0.25, 0.3) is 5.91 Å². The Hall–Kier alpha value is -3.66. The van der Waals surface area contributed by atoms with E-state index in [1.807, 2.05) is 0 Å². The number of amides is 1. The summed E-state index contributed by atoms with van der Waals surface area (Å²) in [7, 11) is 0. The normalized spacial score (nSPS) is 15.5. The van der Waals surface area contributed by atoms with Crippen molar-refractivity contribution in [1.29, 1.82) is 0 Å². The first-order chi connectivity index (χ1) is 16.5. The Morgan fingerprint density at radius 1 is 1.29 bits per heavy atom. The quantitative estimate of drug-likeness (QED) is 0.460. The first-order valence-electron chi connectivity index (χ1n) is 11.0. The van der Waals surface area contributed by atoms with Gasteiger partial charge in [0.1, 0.15) is 5.75 Å². The van der Waals surface area contributed by atoms with Crippen molar-refractivity contribution in [2.75, 3.05) is 31.7 Å². The molecule has 2 aliphatic rings. The second-order valence-corrected chi connectivity index (χ2v) is 8.28. The molecule has 34 heavy (non-hydrogen) atoms. The third-order valence-corrected chi connectivity index (χ3v) is 5.88. The fourth-order valence-electron chi connectivity index (χ4n) is 4.13. The molecule has 0 spiro atoms. The Balaban J connectivity index is 1.59. The van der Waals surface area contributed by atoms with Gasteiger partial charge in [-0.2, -0.15) is 8.78 Å². The van der Waals surface area contributed by atoms with Gasteiger partial charge < -0.3 is 29.8 Å². The van der Waals surface area contributed by atoms with Crippen LogP contribution in [0.4, 0.5) is 20.2 Å². The van der Waals surface area contributed by atoms with Crippen LogP contribution in [0.2, 0.25) is 0 Å². The van der Waals surface area contributed by atoms with Gasteiger partial charge in [-0.3, -0.25) is 9.78 Å². The van der Waals surface area contributed by atoms with Gasteiger partial charge in [-0.25, -0.2) is 0 Å². The number of benzene rings is 1. The molecule has 178 valence electrons. The average Bonchev–Trinajstić information content (AvgIpc) is 3.14. The number of hydrogen-bond acceptors (Lipinski definition) is 6. The molecule has 10 heteroatoms. The molecule has 0 bridgehead atoms. The van der Waals surface area contributed by atoms with Crippen molar-refractivity contribution in [3.63, 3.8) is 0 Å². The maximum atomic E-state index is 13.1. The number of halogens is 2. The number of hydrogen-bond donors (Lipinski definition) is 3. The van der Waals surface area contributed by atoms with Crippen LogP contribution >= 0.6 is 0 Å².